The highest BCUT2D eigenvalue weighted by Gasteiger charge is 2.45. The summed E-state index contributed by atoms with van der Waals surface area (Å²) in [5, 5.41) is 5.97. The van der Waals surface area contributed by atoms with Crippen LogP contribution in [0.25, 0.3) is 33.6 Å². The summed E-state index contributed by atoms with van der Waals surface area (Å²) >= 11 is 9.11. The predicted molar refractivity (Wildman–Crippen MR) is 243 cm³/mol. The number of likely N-dealkylation sites (tertiary alicyclic amines) is 2. The number of halogens is 2. The van der Waals surface area contributed by atoms with Crippen molar-refractivity contribution in [3.05, 3.63) is 71.5 Å². The standard InChI is InChI=1S/C45H54ClIN8O8/c1-25-8-17-34(54(25)42(56)37(51-44(58)60-2)30-6-4-20-62-23-30)41-50-36(39(46)53-41)29-15-11-27(12-16-29)26-9-13-28(14-10-26)32-22-48-40(49-32)33-18-19-35(47)55(33)43(57)38(52-45(59)61-3)31-7-5-21-63-24-31/h9-16,22,25,30-31,33-35,37-38H,4-8,17-21,23-24H2,1-3H3,(H,48,49)(H,50,53)(H,51,58)(H,52,59)/t25-,30+,31+,33+,34+,35+,37+,38+/m1/s1. The van der Waals surface area contributed by atoms with Crippen LogP contribution < -0.4 is 10.6 Å². The molecule has 18 heteroatoms. The van der Waals surface area contributed by atoms with Gasteiger partial charge < -0.3 is 49.3 Å². The van der Waals surface area contributed by atoms with Crippen molar-refractivity contribution >= 4 is 58.2 Å². The number of carbonyl (C=O) groups is 4. The number of nitrogens with one attached hydrogen (secondary N) is 4. The highest BCUT2D eigenvalue weighted by molar-refractivity contribution is 14.1. The van der Waals surface area contributed by atoms with E-state index >= 15 is 0 Å². The van der Waals surface area contributed by atoms with Gasteiger partial charge >= 0.3 is 12.2 Å². The van der Waals surface area contributed by atoms with Gasteiger partial charge in [0.2, 0.25) is 11.8 Å². The molecule has 8 rings (SSSR count). The molecule has 4 aliphatic rings. The highest BCUT2D eigenvalue weighted by atomic mass is 127. The lowest BCUT2D eigenvalue weighted by atomic mass is 9.92. The molecular weight excluding hydrogens is 943 g/mol. The first-order valence-corrected chi connectivity index (χ1v) is 23.3. The normalized spacial score (nSPS) is 24.7. The summed E-state index contributed by atoms with van der Waals surface area (Å²) in [6, 6.07) is 14.0. The van der Waals surface area contributed by atoms with Crippen LogP contribution in [0, 0.1) is 11.8 Å². The van der Waals surface area contributed by atoms with Gasteiger partial charge in [-0.25, -0.2) is 19.6 Å². The molecule has 2 aromatic carbocycles. The largest absolute Gasteiger partial charge is 0.453 e. The van der Waals surface area contributed by atoms with E-state index in [2.05, 4.69) is 55.3 Å². The minimum absolute atomic E-state index is 0.0627. The lowest BCUT2D eigenvalue weighted by molar-refractivity contribution is -0.139. The number of aromatic amines is 2. The van der Waals surface area contributed by atoms with Crippen molar-refractivity contribution in [2.24, 2.45) is 11.8 Å². The predicted octanol–water partition coefficient (Wildman–Crippen LogP) is 7.57. The first-order chi connectivity index (χ1) is 30.5. The second-order valence-electron chi connectivity index (χ2n) is 16.8. The number of benzene rings is 2. The molecule has 4 saturated heterocycles. The van der Waals surface area contributed by atoms with Crippen molar-refractivity contribution < 1.29 is 38.1 Å². The maximum atomic E-state index is 14.2. The van der Waals surface area contributed by atoms with Crippen molar-refractivity contribution in [2.45, 2.75) is 92.5 Å². The third-order valence-electron chi connectivity index (χ3n) is 12.9. The van der Waals surface area contributed by atoms with E-state index in [1.54, 1.807) is 6.20 Å². The molecular formula is C45H54ClIN8O8. The molecule has 6 heterocycles. The van der Waals surface area contributed by atoms with Gasteiger partial charge in [-0.05, 0) is 75.0 Å². The number of alkyl halides is 1. The number of rotatable bonds is 11. The second kappa shape index (κ2) is 20.0. The molecule has 4 fully saturated rings. The van der Waals surface area contributed by atoms with Crippen LogP contribution in [0.4, 0.5) is 9.59 Å². The Labute approximate surface area is 385 Å². The molecule has 336 valence electrons. The number of hydrogen-bond acceptors (Lipinski definition) is 10. The molecule has 8 atom stereocenters. The molecule has 0 aliphatic carbocycles. The summed E-state index contributed by atoms with van der Waals surface area (Å²) in [6.07, 6.45) is 6.69. The zero-order valence-corrected chi connectivity index (χ0v) is 38.5. The van der Waals surface area contributed by atoms with E-state index in [4.69, 9.17) is 40.5 Å². The highest BCUT2D eigenvalue weighted by Crippen LogP contribution is 2.41. The number of methoxy groups -OCH3 is 2. The Morgan fingerprint density at radius 1 is 0.730 bits per heavy atom. The van der Waals surface area contributed by atoms with Gasteiger partial charge in [0.15, 0.2) is 0 Å². The molecule has 0 saturated carbocycles. The smallest absolute Gasteiger partial charge is 0.407 e. The Morgan fingerprint density at radius 2 is 1.25 bits per heavy atom. The van der Waals surface area contributed by atoms with Crippen molar-refractivity contribution in [2.75, 3.05) is 40.6 Å². The topological polar surface area (TPSA) is 193 Å². The van der Waals surface area contributed by atoms with Gasteiger partial charge in [0.25, 0.3) is 0 Å². The fourth-order valence-electron chi connectivity index (χ4n) is 9.50. The number of aromatic nitrogens is 4. The molecule has 2 aromatic heterocycles. The van der Waals surface area contributed by atoms with Crippen LogP contribution >= 0.6 is 34.2 Å². The van der Waals surface area contributed by atoms with Crippen LogP contribution in [0.5, 0.6) is 0 Å². The monoisotopic (exact) mass is 996 g/mol. The van der Waals surface area contributed by atoms with Crippen LogP contribution in [0.1, 0.15) is 82.0 Å². The number of carbonyl (C=O) groups excluding carboxylic acids is 4. The minimum atomic E-state index is -0.785. The molecule has 0 unspecified atom stereocenters. The lowest BCUT2D eigenvalue weighted by Crippen LogP contribution is -2.55. The van der Waals surface area contributed by atoms with Crippen LogP contribution in [0.3, 0.4) is 0 Å². The SMILES string of the molecule is COC(=O)N[C@H](C(=O)N1[C@H](C)CC[C@H]1c1nc(-c2ccc(-c3ccc(-c4cnc([C@@H]5CC[C@@H](I)N5C(=O)[C@@H](NC(=O)OC)[C@H]5CCCOC5)[nH]4)cc3)cc2)c(Cl)[nH]1)[C@H]1CCCOC1. The van der Waals surface area contributed by atoms with Crippen LogP contribution in [0.2, 0.25) is 5.15 Å². The molecule has 0 bridgehead atoms. The Hall–Kier alpha value is -4.72. The van der Waals surface area contributed by atoms with E-state index in [1.807, 2.05) is 53.1 Å². The van der Waals surface area contributed by atoms with E-state index in [-0.39, 0.29) is 45.8 Å². The molecule has 16 nitrogen and oxygen atoms in total. The number of ether oxygens (including phenoxy) is 4. The number of hydrogen-bond donors (Lipinski definition) is 4. The molecule has 63 heavy (non-hydrogen) atoms. The lowest BCUT2D eigenvalue weighted by Gasteiger charge is -2.36. The molecule has 0 radical (unpaired) electrons. The molecule has 4 amide bonds. The summed E-state index contributed by atoms with van der Waals surface area (Å²) in [5.74, 6) is 0.638. The summed E-state index contributed by atoms with van der Waals surface area (Å²) in [5.41, 5.74) is 5.23. The van der Waals surface area contributed by atoms with Gasteiger partial charge in [-0.15, -0.1) is 0 Å². The fraction of sp³-hybridized carbons (Fsp3) is 0.511. The molecule has 4 aliphatic heterocycles. The third kappa shape index (κ3) is 9.71. The Bertz CT molecular complexity index is 2240. The van der Waals surface area contributed by atoms with Crippen molar-refractivity contribution in [1.29, 1.82) is 0 Å². The van der Waals surface area contributed by atoms with E-state index in [9.17, 15) is 19.2 Å². The second-order valence-corrected chi connectivity index (χ2v) is 18.6. The van der Waals surface area contributed by atoms with Gasteiger partial charge in [0, 0.05) is 36.7 Å². The van der Waals surface area contributed by atoms with Crippen LogP contribution in [0.15, 0.2) is 54.7 Å². The van der Waals surface area contributed by atoms with Crippen molar-refractivity contribution in [3.63, 3.8) is 0 Å². The third-order valence-corrected chi connectivity index (χ3v) is 14.4. The van der Waals surface area contributed by atoms with Crippen LogP contribution in [-0.2, 0) is 28.5 Å². The maximum Gasteiger partial charge on any atom is 0.407 e. The Morgan fingerprint density at radius 3 is 1.81 bits per heavy atom. The maximum absolute atomic E-state index is 14.2. The fourth-order valence-corrected chi connectivity index (χ4v) is 10.8. The van der Waals surface area contributed by atoms with Crippen LogP contribution in [-0.4, -0.2) is 117 Å². The average Bonchev–Trinajstić information content (AvgIpc) is 4.13. The number of H-pyrrole nitrogens is 2. The van der Waals surface area contributed by atoms with E-state index in [0.717, 1.165) is 72.9 Å². The van der Waals surface area contributed by atoms with Gasteiger partial charge in [0.1, 0.15) is 34.6 Å². The quantitative estimate of drug-likeness (QED) is 0.0662. The van der Waals surface area contributed by atoms with Gasteiger partial charge in [-0.3, -0.25) is 9.59 Å². The Balaban J connectivity index is 0.946. The van der Waals surface area contributed by atoms with Crippen molar-refractivity contribution in [3.8, 4) is 33.6 Å². The zero-order valence-electron chi connectivity index (χ0n) is 35.6. The summed E-state index contributed by atoms with van der Waals surface area (Å²) < 4.78 is 21.1. The number of nitrogens with zero attached hydrogens (tertiary/aromatic N) is 4. The van der Waals surface area contributed by atoms with E-state index in [1.165, 1.54) is 14.2 Å². The van der Waals surface area contributed by atoms with Crippen molar-refractivity contribution in [1.82, 2.24) is 40.4 Å². The first kappa shape index (κ1) is 44.9. The van der Waals surface area contributed by atoms with Gasteiger partial charge in [0.05, 0.1) is 55.5 Å². The minimum Gasteiger partial charge on any atom is -0.453 e. The van der Waals surface area contributed by atoms with E-state index < -0.39 is 24.3 Å². The number of alkyl carbamates (subject to hydrolysis) is 2. The average molecular weight is 997 g/mol. The summed E-state index contributed by atoms with van der Waals surface area (Å²) in [7, 11) is 2.59. The summed E-state index contributed by atoms with van der Waals surface area (Å²) in [6.45, 7) is 4.08. The molecule has 0 spiro atoms. The number of amides is 4. The van der Waals surface area contributed by atoms with Gasteiger partial charge in [-0.2, -0.15) is 0 Å². The zero-order chi connectivity index (χ0) is 44.2. The Kier molecular flexibility index (Phi) is 14.2. The van der Waals surface area contributed by atoms with E-state index in [0.29, 0.717) is 55.3 Å². The first-order valence-electron chi connectivity index (χ1n) is 21.7. The summed E-state index contributed by atoms with van der Waals surface area (Å²) in [4.78, 5) is 73.2. The number of imidazole rings is 2. The van der Waals surface area contributed by atoms with Gasteiger partial charge in [-0.1, -0.05) is 82.7 Å². The molecule has 4 aromatic rings. The molecule has 4 N–H and O–H groups in total.